The molecule has 1 amide bonds. The maximum atomic E-state index is 13.3. The number of fused-ring (bicyclic) bond motifs is 1. The molecule has 7 nitrogen and oxygen atoms in total. The molecule has 0 saturated heterocycles. The van der Waals surface area contributed by atoms with E-state index >= 15 is 0 Å². The number of aromatic nitrogens is 2. The molecule has 0 bridgehead atoms. The predicted molar refractivity (Wildman–Crippen MR) is 129 cm³/mol. The summed E-state index contributed by atoms with van der Waals surface area (Å²) in [6.07, 6.45) is 7.09. The number of sulfonamides is 1. The fraction of sp³-hybridized carbons (Fsp3) is 0.125. The van der Waals surface area contributed by atoms with E-state index in [9.17, 15) is 17.6 Å². The summed E-state index contributed by atoms with van der Waals surface area (Å²) in [6.45, 7) is 0. The molecule has 2 aromatic carbocycles. The van der Waals surface area contributed by atoms with Crippen molar-refractivity contribution < 1.29 is 20.5 Å². The van der Waals surface area contributed by atoms with E-state index in [4.69, 9.17) is 0 Å². The van der Waals surface area contributed by atoms with Crippen molar-refractivity contribution in [2.75, 3.05) is 10.0 Å². The van der Waals surface area contributed by atoms with E-state index in [2.05, 4.69) is 20.0 Å². The zero-order valence-corrected chi connectivity index (χ0v) is 18.3. The number of carbonyl (C=O) groups is 1. The van der Waals surface area contributed by atoms with Gasteiger partial charge in [-0.1, -0.05) is 24.3 Å². The molecular formula is C24H25FN4O3S. The fourth-order valence-electron chi connectivity index (χ4n) is 3.03. The van der Waals surface area contributed by atoms with Gasteiger partial charge in [-0.15, -0.1) is 0 Å². The first-order chi connectivity index (χ1) is 15.9. The lowest BCUT2D eigenvalue weighted by Gasteiger charge is -2.07. The molecule has 1 fully saturated rings. The largest absolute Gasteiger partial charge is 0.326 e. The quantitative estimate of drug-likeness (QED) is 0.425. The monoisotopic (exact) mass is 468 g/mol. The number of halogens is 1. The highest BCUT2D eigenvalue weighted by Gasteiger charge is 2.29. The SMILES string of the molecule is O=C(Nc1ccc2cnccc2c1)C1CC1.O=S(=O)(Nc1ccccn1)c1ccccc1F.[HH].[HH]. The number of nitrogens with one attached hydrogen (secondary N) is 2. The van der Waals surface area contributed by atoms with E-state index in [1.165, 1.54) is 30.5 Å². The van der Waals surface area contributed by atoms with Crippen molar-refractivity contribution in [1.82, 2.24) is 9.97 Å². The molecule has 0 aliphatic heterocycles. The normalized spacial score (nSPS) is 13.0. The maximum absolute atomic E-state index is 13.3. The Labute approximate surface area is 193 Å². The minimum atomic E-state index is -3.93. The molecule has 2 aromatic heterocycles. The molecule has 0 spiro atoms. The Morgan fingerprint density at radius 2 is 1.76 bits per heavy atom. The molecule has 4 aromatic rings. The Morgan fingerprint density at radius 1 is 0.970 bits per heavy atom. The lowest BCUT2D eigenvalue weighted by Crippen LogP contribution is -2.15. The lowest BCUT2D eigenvalue weighted by atomic mass is 10.1. The van der Waals surface area contributed by atoms with Crippen LogP contribution < -0.4 is 10.0 Å². The first-order valence-electron chi connectivity index (χ1n) is 10.3. The summed E-state index contributed by atoms with van der Waals surface area (Å²) in [5.41, 5.74) is 0.871. The number of carbonyl (C=O) groups excluding carboxylic acids is 1. The van der Waals surface area contributed by atoms with Crippen LogP contribution in [0.5, 0.6) is 0 Å². The molecule has 1 aliphatic carbocycles. The topological polar surface area (TPSA) is 101 Å². The lowest BCUT2D eigenvalue weighted by molar-refractivity contribution is -0.117. The van der Waals surface area contributed by atoms with Gasteiger partial charge in [-0.05, 0) is 60.7 Å². The third kappa shape index (κ3) is 5.89. The van der Waals surface area contributed by atoms with Crippen LogP contribution in [0.3, 0.4) is 0 Å². The Bertz CT molecular complexity index is 1390. The molecule has 9 heteroatoms. The number of nitrogens with zero attached hydrogens (tertiary/aromatic N) is 2. The van der Waals surface area contributed by atoms with Crippen LogP contribution >= 0.6 is 0 Å². The van der Waals surface area contributed by atoms with Crippen LogP contribution in [0.25, 0.3) is 10.8 Å². The summed E-state index contributed by atoms with van der Waals surface area (Å²) in [4.78, 5) is 19.1. The van der Waals surface area contributed by atoms with E-state index < -0.39 is 20.7 Å². The molecule has 2 heterocycles. The Hall–Kier alpha value is -3.85. The zero-order chi connectivity index (χ0) is 23.3. The first kappa shape index (κ1) is 22.3. The van der Waals surface area contributed by atoms with Gasteiger partial charge in [0, 0.05) is 38.4 Å². The van der Waals surface area contributed by atoms with Crippen molar-refractivity contribution in [2.24, 2.45) is 5.92 Å². The van der Waals surface area contributed by atoms with Crippen LogP contribution in [0.4, 0.5) is 15.9 Å². The summed E-state index contributed by atoms with van der Waals surface area (Å²) in [6, 6.07) is 17.8. The van der Waals surface area contributed by atoms with Crippen LogP contribution in [-0.2, 0) is 14.8 Å². The molecule has 0 atom stereocenters. The Morgan fingerprint density at radius 3 is 2.48 bits per heavy atom. The highest BCUT2D eigenvalue weighted by molar-refractivity contribution is 7.92. The van der Waals surface area contributed by atoms with Crippen molar-refractivity contribution in [3.05, 3.63) is 91.1 Å². The van der Waals surface area contributed by atoms with Crippen LogP contribution in [0, 0.1) is 11.7 Å². The summed E-state index contributed by atoms with van der Waals surface area (Å²) in [5.74, 6) is -0.256. The highest BCUT2D eigenvalue weighted by Crippen LogP contribution is 2.30. The van der Waals surface area contributed by atoms with E-state index in [1.54, 1.807) is 18.3 Å². The molecule has 1 aliphatic rings. The summed E-state index contributed by atoms with van der Waals surface area (Å²) in [5, 5.41) is 5.13. The number of rotatable bonds is 5. The minimum Gasteiger partial charge on any atom is -0.326 e. The minimum absolute atomic E-state index is 0. The molecule has 5 rings (SSSR count). The molecule has 1 saturated carbocycles. The van der Waals surface area contributed by atoms with E-state index in [1.807, 2.05) is 30.5 Å². The average molecular weight is 469 g/mol. The van der Waals surface area contributed by atoms with E-state index in [0.29, 0.717) is 0 Å². The van der Waals surface area contributed by atoms with Crippen LogP contribution in [0.2, 0.25) is 0 Å². The second-order valence-corrected chi connectivity index (χ2v) is 9.10. The van der Waals surface area contributed by atoms with Crippen molar-refractivity contribution in [2.45, 2.75) is 17.7 Å². The second kappa shape index (κ2) is 9.74. The van der Waals surface area contributed by atoms with E-state index in [-0.39, 0.29) is 20.5 Å². The van der Waals surface area contributed by atoms with Crippen LogP contribution in [0.1, 0.15) is 15.7 Å². The van der Waals surface area contributed by atoms with Gasteiger partial charge in [-0.2, -0.15) is 0 Å². The first-order valence-corrected chi connectivity index (χ1v) is 11.7. The Kier molecular flexibility index (Phi) is 6.60. The highest BCUT2D eigenvalue weighted by atomic mass is 32.2. The van der Waals surface area contributed by atoms with Crippen LogP contribution in [-0.4, -0.2) is 24.3 Å². The Balaban J connectivity index is 0.000000234. The average Bonchev–Trinajstić information content (AvgIpc) is 3.66. The molecule has 2 N–H and O–H groups in total. The van der Waals surface area contributed by atoms with Gasteiger partial charge in [0.05, 0.1) is 0 Å². The van der Waals surface area contributed by atoms with Crippen molar-refractivity contribution in [3.8, 4) is 0 Å². The zero-order valence-electron chi connectivity index (χ0n) is 17.5. The molecular weight excluding hydrogens is 443 g/mol. The smallest absolute Gasteiger partial charge is 0.265 e. The van der Waals surface area contributed by atoms with Crippen molar-refractivity contribution in [3.63, 3.8) is 0 Å². The van der Waals surface area contributed by atoms with E-state index in [0.717, 1.165) is 35.4 Å². The van der Waals surface area contributed by atoms with Gasteiger partial charge in [0.25, 0.3) is 10.0 Å². The number of benzene rings is 2. The number of anilines is 2. The molecule has 0 radical (unpaired) electrons. The van der Waals surface area contributed by atoms with Gasteiger partial charge in [0.2, 0.25) is 5.91 Å². The van der Waals surface area contributed by atoms with Gasteiger partial charge in [-0.3, -0.25) is 14.5 Å². The molecule has 33 heavy (non-hydrogen) atoms. The van der Waals surface area contributed by atoms with Crippen molar-refractivity contribution >= 4 is 38.2 Å². The summed E-state index contributed by atoms with van der Waals surface area (Å²) >= 11 is 0. The number of pyridine rings is 2. The van der Waals surface area contributed by atoms with Gasteiger partial charge in [0.1, 0.15) is 16.5 Å². The maximum Gasteiger partial charge on any atom is 0.265 e. The van der Waals surface area contributed by atoms with Crippen LogP contribution in [0.15, 0.2) is 90.2 Å². The third-order valence-electron chi connectivity index (χ3n) is 4.89. The number of hydrogen-bond acceptors (Lipinski definition) is 5. The van der Waals surface area contributed by atoms with Gasteiger partial charge < -0.3 is 5.32 Å². The van der Waals surface area contributed by atoms with Gasteiger partial charge in [0.15, 0.2) is 0 Å². The fourth-order valence-corrected chi connectivity index (χ4v) is 4.12. The van der Waals surface area contributed by atoms with Gasteiger partial charge >= 0.3 is 0 Å². The van der Waals surface area contributed by atoms with Crippen molar-refractivity contribution in [1.29, 1.82) is 0 Å². The standard InChI is InChI=1S/C13H12N2O.C11H9FN2O2S.2H2/c16-13(9-1-2-9)15-12-4-3-11-8-14-6-5-10(11)7-12;12-9-5-1-2-6-10(9)17(15,16)14-11-7-3-4-8-13-11;;/h3-9H,1-2H2,(H,15,16);1-8H,(H,13,14);2*1H. The number of hydrogen-bond donors (Lipinski definition) is 2. The van der Waals surface area contributed by atoms with Gasteiger partial charge in [-0.25, -0.2) is 17.8 Å². The summed E-state index contributed by atoms with van der Waals surface area (Å²) in [7, 11) is -3.93. The summed E-state index contributed by atoms with van der Waals surface area (Å²) < 4.78 is 39.2. The predicted octanol–water partition coefficient (Wildman–Crippen LogP) is 5.10. The molecule has 172 valence electrons. The third-order valence-corrected chi connectivity index (χ3v) is 6.27. The molecule has 0 unspecified atom stereocenters. The number of amides is 1. The second-order valence-electron chi connectivity index (χ2n) is 7.45.